The third-order valence-electron chi connectivity index (χ3n) is 7.43. The molecular weight excluding hydrogens is 466 g/mol. The maximum atomic E-state index is 13.8. The molecule has 1 saturated carbocycles. The largest absolute Gasteiger partial charge is 0.497 e. The number of nitrogens with zero attached hydrogens (tertiary/aromatic N) is 3. The number of hydrogen-bond acceptors (Lipinski definition) is 7. The second-order valence-electron chi connectivity index (χ2n) is 10.3. The van der Waals surface area contributed by atoms with Gasteiger partial charge in [-0.15, -0.1) is 0 Å². The number of pyridine rings is 2. The first-order valence-corrected chi connectivity index (χ1v) is 13.2. The van der Waals surface area contributed by atoms with Gasteiger partial charge < -0.3 is 25.0 Å². The highest BCUT2D eigenvalue weighted by molar-refractivity contribution is 6.08. The highest BCUT2D eigenvalue weighted by Gasteiger charge is 2.31. The molecule has 2 N–H and O–H groups in total. The normalized spacial score (nSPS) is 18.8. The van der Waals surface area contributed by atoms with Gasteiger partial charge in [-0.3, -0.25) is 14.8 Å². The molecule has 2 atom stereocenters. The van der Waals surface area contributed by atoms with Crippen LogP contribution in [0.2, 0.25) is 0 Å². The minimum atomic E-state index is -0.257. The number of nitrogens with one attached hydrogen (secondary N) is 2. The number of amides is 1. The Morgan fingerprint density at radius 2 is 1.84 bits per heavy atom. The van der Waals surface area contributed by atoms with E-state index in [1.165, 1.54) is 0 Å². The van der Waals surface area contributed by atoms with E-state index >= 15 is 0 Å². The van der Waals surface area contributed by atoms with Crippen LogP contribution in [0.5, 0.6) is 11.5 Å². The van der Waals surface area contributed by atoms with Crippen molar-refractivity contribution in [1.82, 2.24) is 20.6 Å². The summed E-state index contributed by atoms with van der Waals surface area (Å²) in [7, 11) is 3.25. The Morgan fingerprint density at radius 3 is 2.51 bits per heavy atom. The van der Waals surface area contributed by atoms with Crippen LogP contribution in [0.15, 0.2) is 30.5 Å². The van der Waals surface area contributed by atoms with Crippen molar-refractivity contribution >= 4 is 22.5 Å². The van der Waals surface area contributed by atoms with E-state index in [1.807, 2.05) is 32.0 Å². The van der Waals surface area contributed by atoms with E-state index < -0.39 is 0 Å². The lowest BCUT2D eigenvalue weighted by atomic mass is 10.0. The van der Waals surface area contributed by atoms with Gasteiger partial charge in [-0.05, 0) is 63.8 Å². The van der Waals surface area contributed by atoms with Gasteiger partial charge in [-0.25, -0.2) is 0 Å². The van der Waals surface area contributed by atoms with Crippen LogP contribution in [0.25, 0.3) is 10.9 Å². The van der Waals surface area contributed by atoms with Crippen molar-refractivity contribution < 1.29 is 14.3 Å². The van der Waals surface area contributed by atoms with E-state index in [2.05, 4.69) is 28.5 Å². The van der Waals surface area contributed by atoms with Crippen LogP contribution >= 0.6 is 0 Å². The summed E-state index contributed by atoms with van der Waals surface area (Å²) in [6.45, 7) is 8.78. The van der Waals surface area contributed by atoms with Crippen molar-refractivity contribution in [2.24, 2.45) is 0 Å². The molecule has 196 valence electrons. The fraction of sp³-hybridized carbons (Fsp3) is 0.483. The standard InChI is InChI=1S/C29H37N5O3/c1-17-8-10-34(11-9-30-17)28-24-12-18(2)32-26(20-6-7-20)27(24)31-16-25(28)29(35)33-19(3)21-13-22(36-4)15-23(14-21)37-5/h12-17,19-20,30H,6-11H2,1-5H3,(H,33,35)/t17-,19-/m0/s1. The number of benzene rings is 1. The van der Waals surface area contributed by atoms with Crippen molar-refractivity contribution in [2.45, 2.75) is 58.0 Å². The Morgan fingerprint density at radius 1 is 1.11 bits per heavy atom. The highest BCUT2D eigenvalue weighted by atomic mass is 16.5. The molecule has 0 radical (unpaired) electrons. The van der Waals surface area contributed by atoms with E-state index in [9.17, 15) is 4.79 Å². The first-order valence-electron chi connectivity index (χ1n) is 13.2. The van der Waals surface area contributed by atoms with Gasteiger partial charge in [0.2, 0.25) is 0 Å². The molecule has 8 nitrogen and oxygen atoms in total. The minimum absolute atomic E-state index is 0.147. The van der Waals surface area contributed by atoms with Gasteiger partial charge >= 0.3 is 0 Å². The molecule has 1 saturated heterocycles. The summed E-state index contributed by atoms with van der Waals surface area (Å²) < 4.78 is 10.9. The molecule has 0 unspecified atom stereocenters. The second kappa shape index (κ2) is 10.5. The summed E-state index contributed by atoms with van der Waals surface area (Å²) in [6.07, 6.45) is 5.05. The Hall–Kier alpha value is -3.39. The predicted molar refractivity (Wildman–Crippen MR) is 146 cm³/mol. The lowest BCUT2D eigenvalue weighted by Crippen LogP contribution is -2.33. The van der Waals surface area contributed by atoms with E-state index in [4.69, 9.17) is 19.4 Å². The van der Waals surface area contributed by atoms with Gasteiger partial charge in [-0.2, -0.15) is 0 Å². The lowest BCUT2D eigenvalue weighted by molar-refractivity contribution is 0.0940. The number of hydrogen-bond donors (Lipinski definition) is 2. The summed E-state index contributed by atoms with van der Waals surface area (Å²) in [6, 6.07) is 7.94. The summed E-state index contributed by atoms with van der Waals surface area (Å²) in [4.78, 5) is 25.9. The fourth-order valence-electron chi connectivity index (χ4n) is 5.16. The number of aromatic nitrogens is 2. The first kappa shape index (κ1) is 25.3. The van der Waals surface area contributed by atoms with Crippen LogP contribution in [0.4, 0.5) is 5.69 Å². The van der Waals surface area contributed by atoms with Gasteiger partial charge in [0.1, 0.15) is 11.5 Å². The van der Waals surface area contributed by atoms with E-state index in [0.29, 0.717) is 29.0 Å². The smallest absolute Gasteiger partial charge is 0.255 e. The molecule has 8 heteroatoms. The molecule has 3 heterocycles. The number of anilines is 1. The molecule has 0 bridgehead atoms. The van der Waals surface area contributed by atoms with Gasteiger partial charge in [0.05, 0.1) is 42.7 Å². The van der Waals surface area contributed by atoms with Crippen LogP contribution < -0.4 is 25.0 Å². The molecule has 2 aromatic heterocycles. The summed E-state index contributed by atoms with van der Waals surface area (Å²) in [5.41, 5.74) is 5.42. The number of rotatable bonds is 7. The van der Waals surface area contributed by atoms with Crippen molar-refractivity contribution in [3.63, 3.8) is 0 Å². The summed E-state index contributed by atoms with van der Waals surface area (Å²) in [5.74, 6) is 1.69. The topological polar surface area (TPSA) is 88.6 Å². The molecule has 0 spiro atoms. The molecule has 37 heavy (non-hydrogen) atoms. The third kappa shape index (κ3) is 5.34. The van der Waals surface area contributed by atoms with Crippen molar-refractivity contribution in [1.29, 1.82) is 0 Å². The average Bonchev–Trinajstić information content (AvgIpc) is 3.75. The van der Waals surface area contributed by atoms with E-state index in [0.717, 1.165) is 72.4 Å². The molecule has 2 aliphatic rings. The van der Waals surface area contributed by atoms with Gasteiger partial charge in [-0.1, -0.05) is 0 Å². The molecular formula is C29H37N5O3. The summed E-state index contributed by atoms with van der Waals surface area (Å²) >= 11 is 0. The quantitative estimate of drug-likeness (QED) is 0.490. The first-order chi connectivity index (χ1) is 17.9. The Kier molecular flexibility index (Phi) is 7.20. The number of methoxy groups -OCH3 is 2. The molecule has 1 aliphatic heterocycles. The third-order valence-corrected chi connectivity index (χ3v) is 7.43. The monoisotopic (exact) mass is 503 g/mol. The van der Waals surface area contributed by atoms with Crippen molar-refractivity contribution in [2.75, 3.05) is 38.8 Å². The zero-order chi connectivity index (χ0) is 26.1. The maximum absolute atomic E-state index is 13.8. The number of fused-ring (bicyclic) bond motifs is 1. The van der Waals surface area contributed by atoms with Crippen LogP contribution in [-0.2, 0) is 0 Å². The van der Waals surface area contributed by atoms with E-state index in [-0.39, 0.29) is 11.9 Å². The highest BCUT2D eigenvalue weighted by Crippen LogP contribution is 2.43. The number of carbonyl (C=O) groups excluding carboxylic acids is 1. The van der Waals surface area contributed by atoms with Crippen LogP contribution in [-0.4, -0.2) is 55.8 Å². The minimum Gasteiger partial charge on any atom is -0.497 e. The molecule has 2 fully saturated rings. The van der Waals surface area contributed by atoms with Crippen LogP contribution in [0.1, 0.15) is 72.4 Å². The number of carbonyl (C=O) groups is 1. The number of ether oxygens (including phenoxy) is 2. The zero-order valence-electron chi connectivity index (χ0n) is 22.4. The Bertz CT molecular complexity index is 1280. The molecule has 1 amide bonds. The average molecular weight is 504 g/mol. The van der Waals surface area contributed by atoms with E-state index in [1.54, 1.807) is 20.4 Å². The predicted octanol–water partition coefficient (Wildman–Crippen LogP) is 4.51. The lowest BCUT2D eigenvalue weighted by Gasteiger charge is -2.27. The number of aryl methyl sites for hydroxylation is 1. The van der Waals surface area contributed by atoms with Gasteiger partial charge in [0.25, 0.3) is 5.91 Å². The van der Waals surface area contributed by atoms with Crippen molar-refractivity contribution in [3.05, 3.63) is 53.0 Å². The van der Waals surface area contributed by atoms with Crippen LogP contribution in [0, 0.1) is 6.92 Å². The SMILES string of the molecule is COc1cc(OC)cc([C@H](C)NC(=O)c2cnc3c(C4CC4)nc(C)cc3c2N2CCN[C@@H](C)CC2)c1. The maximum Gasteiger partial charge on any atom is 0.255 e. The molecule has 1 aliphatic carbocycles. The van der Waals surface area contributed by atoms with Gasteiger partial charge in [0.15, 0.2) is 0 Å². The second-order valence-corrected chi connectivity index (χ2v) is 10.3. The Labute approximate surface area is 218 Å². The molecule has 5 rings (SSSR count). The summed E-state index contributed by atoms with van der Waals surface area (Å²) in [5, 5.41) is 7.79. The van der Waals surface area contributed by atoms with Gasteiger partial charge in [0, 0.05) is 54.9 Å². The molecule has 3 aromatic rings. The Balaban J connectivity index is 1.55. The van der Waals surface area contributed by atoms with Crippen LogP contribution in [0.3, 0.4) is 0 Å². The molecule has 1 aromatic carbocycles. The van der Waals surface area contributed by atoms with Crippen molar-refractivity contribution in [3.8, 4) is 11.5 Å². The zero-order valence-corrected chi connectivity index (χ0v) is 22.4. The fourth-order valence-corrected chi connectivity index (χ4v) is 5.16.